The Bertz CT molecular complexity index is 893. The Hall–Kier alpha value is -2.48. The summed E-state index contributed by atoms with van der Waals surface area (Å²) in [6.07, 6.45) is 0.767. The first kappa shape index (κ1) is 18.9. The summed E-state index contributed by atoms with van der Waals surface area (Å²) in [5.41, 5.74) is 0.839. The van der Waals surface area contributed by atoms with Crippen LogP contribution in [0.1, 0.15) is 34.3 Å². The quantitative estimate of drug-likeness (QED) is 0.834. The Morgan fingerprint density at radius 3 is 2.61 bits per heavy atom. The first-order valence-electron chi connectivity index (χ1n) is 9.35. The lowest BCUT2D eigenvalue weighted by atomic mass is 10.0. The number of rotatable bonds is 2. The highest BCUT2D eigenvalue weighted by Gasteiger charge is 2.29. The van der Waals surface area contributed by atoms with Gasteiger partial charge in [0.1, 0.15) is 11.6 Å². The topological polar surface area (TPSA) is 65.8 Å². The number of nitrogens with zero attached hydrogens (tertiary/aromatic N) is 2. The third-order valence-electron chi connectivity index (χ3n) is 5.13. The lowest BCUT2D eigenvalue weighted by molar-refractivity contribution is 0.0631. The van der Waals surface area contributed by atoms with Crippen molar-refractivity contribution in [3.63, 3.8) is 0 Å². The number of aryl methyl sites for hydroxylation is 1. The molecule has 8 heteroatoms. The highest BCUT2D eigenvalue weighted by atomic mass is 32.2. The van der Waals surface area contributed by atoms with Crippen LogP contribution in [0.15, 0.2) is 39.6 Å². The Labute approximate surface area is 167 Å². The molecule has 0 spiro atoms. The van der Waals surface area contributed by atoms with Gasteiger partial charge in [-0.15, -0.1) is 11.8 Å². The van der Waals surface area contributed by atoms with E-state index in [9.17, 15) is 14.0 Å². The number of hydrogen-bond donors (Lipinski definition) is 1. The molecule has 2 aliphatic rings. The van der Waals surface area contributed by atoms with Crippen LogP contribution in [-0.4, -0.2) is 53.7 Å². The molecular weight excluding hydrogens is 381 g/mol. The number of furan rings is 1. The minimum Gasteiger partial charge on any atom is -0.456 e. The summed E-state index contributed by atoms with van der Waals surface area (Å²) in [5.74, 6) is 1.41. The first-order chi connectivity index (χ1) is 13.5. The normalized spacial score (nSPS) is 19.3. The third kappa shape index (κ3) is 3.73. The molecule has 1 fully saturated rings. The molecule has 2 aromatic rings. The van der Waals surface area contributed by atoms with Gasteiger partial charge in [-0.3, -0.25) is 4.79 Å². The van der Waals surface area contributed by atoms with Crippen LogP contribution < -0.4 is 5.32 Å². The second-order valence-corrected chi connectivity index (χ2v) is 8.09. The summed E-state index contributed by atoms with van der Waals surface area (Å²) in [7, 11) is 0. The van der Waals surface area contributed by atoms with Crippen LogP contribution in [0.2, 0.25) is 0 Å². The predicted molar refractivity (Wildman–Crippen MR) is 104 cm³/mol. The molecule has 0 bridgehead atoms. The number of piperazine rings is 1. The molecule has 1 saturated heterocycles. The van der Waals surface area contributed by atoms with Crippen molar-refractivity contribution in [1.82, 2.24) is 15.1 Å². The number of benzene rings is 1. The minimum atomic E-state index is -0.235. The number of carbonyl (C=O) groups is 2. The molecule has 3 amide bonds. The van der Waals surface area contributed by atoms with Gasteiger partial charge in [0.25, 0.3) is 5.91 Å². The van der Waals surface area contributed by atoms with Gasteiger partial charge in [0.05, 0.1) is 6.04 Å². The average molecular weight is 403 g/mol. The fraction of sp³-hybridized carbons (Fsp3) is 0.400. The van der Waals surface area contributed by atoms with Crippen LogP contribution >= 0.6 is 11.8 Å². The van der Waals surface area contributed by atoms with Gasteiger partial charge in [0.2, 0.25) is 0 Å². The van der Waals surface area contributed by atoms with Crippen molar-refractivity contribution in [3.05, 3.63) is 53.2 Å². The van der Waals surface area contributed by atoms with Gasteiger partial charge < -0.3 is 19.5 Å². The van der Waals surface area contributed by atoms with Gasteiger partial charge in [-0.05, 0) is 37.1 Å². The molecule has 1 aromatic heterocycles. The Kier molecular flexibility index (Phi) is 5.30. The number of thioether (sulfide) groups is 1. The van der Waals surface area contributed by atoms with E-state index >= 15 is 0 Å². The van der Waals surface area contributed by atoms with E-state index in [1.807, 2.05) is 6.07 Å². The average Bonchev–Trinajstić information content (AvgIpc) is 3.15. The molecule has 6 nitrogen and oxygen atoms in total. The maximum absolute atomic E-state index is 14.0. The molecule has 0 saturated carbocycles. The summed E-state index contributed by atoms with van der Waals surface area (Å²) in [6.45, 7) is 3.62. The fourth-order valence-electron chi connectivity index (χ4n) is 3.59. The number of halogens is 1. The molecule has 148 valence electrons. The maximum atomic E-state index is 14.0. The van der Waals surface area contributed by atoms with Gasteiger partial charge in [0, 0.05) is 36.8 Å². The van der Waals surface area contributed by atoms with E-state index in [-0.39, 0.29) is 23.8 Å². The van der Waals surface area contributed by atoms with Crippen molar-refractivity contribution in [3.8, 4) is 0 Å². The lowest BCUT2D eigenvalue weighted by Crippen LogP contribution is -2.53. The van der Waals surface area contributed by atoms with E-state index < -0.39 is 0 Å². The number of amides is 3. The van der Waals surface area contributed by atoms with Gasteiger partial charge in [0.15, 0.2) is 5.76 Å². The summed E-state index contributed by atoms with van der Waals surface area (Å²) < 4.78 is 19.4. The number of carbonyl (C=O) groups excluding carboxylic acids is 2. The first-order valence-corrected chi connectivity index (χ1v) is 10.3. The molecule has 1 unspecified atom stereocenters. The van der Waals surface area contributed by atoms with E-state index in [4.69, 9.17) is 4.42 Å². The number of fused-ring (bicyclic) bond motifs is 1. The number of nitrogens with one attached hydrogen (secondary N) is 1. The maximum Gasteiger partial charge on any atom is 0.318 e. The summed E-state index contributed by atoms with van der Waals surface area (Å²) in [5, 5.41) is 3.04. The van der Waals surface area contributed by atoms with E-state index in [1.54, 1.807) is 34.9 Å². The van der Waals surface area contributed by atoms with Crippen LogP contribution in [0, 0.1) is 12.7 Å². The standard InChI is InChI=1S/C20H22FN3O3S/c1-13-5-6-17(27-13)19(25)23-8-10-24(11-9-23)20(26)22-16-7-12-28-18-14(16)3-2-4-15(18)21/h2-6,16H,7-12H2,1H3,(H,22,26). The van der Waals surface area contributed by atoms with Crippen molar-refractivity contribution in [1.29, 1.82) is 0 Å². The van der Waals surface area contributed by atoms with E-state index in [2.05, 4.69) is 5.32 Å². The van der Waals surface area contributed by atoms with Crippen LogP contribution in [0.25, 0.3) is 0 Å². The van der Waals surface area contributed by atoms with Gasteiger partial charge in [-0.25, -0.2) is 9.18 Å². The lowest BCUT2D eigenvalue weighted by Gasteiger charge is -2.36. The molecule has 0 radical (unpaired) electrons. The SMILES string of the molecule is Cc1ccc(C(=O)N2CCN(C(=O)NC3CCSc4c(F)cccc43)CC2)o1. The monoisotopic (exact) mass is 403 g/mol. The molecule has 2 aliphatic heterocycles. The van der Waals surface area contributed by atoms with Crippen LogP contribution in [0.3, 0.4) is 0 Å². The second kappa shape index (κ2) is 7.87. The minimum absolute atomic E-state index is 0.151. The van der Waals surface area contributed by atoms with Gasteiger partial charge in [-0.1, -0.05) is 12.1 Å². The van der Waals surface area contributed by atoms with E-state index in [0.29, 0.717) is 42.6 Å². The van der Waals surface area contributed by atoms with Crippen molar-refractivity contribution >= 4 is 23.7 Å². The van der Waals surface area contributed by atoms with Crippen LogP contribution in [0.5, 0.6) is 0 Å². The van der Waals surface area contributed by atoms with Crippen LogP contribution in [-0.2, 0) is 0 Å². The zero-order chi connectivity index (χ0) is 19.7. The molecule has 1 aromatic carbocycles. The predicted octanol–water partition coefficient (Wildman–Crippen LogP) is 3.43. The summed E-state index contributed by atoms with van der Waals surface area (Å²) in [6, 6.07) is 8.08. The van der Waals surface area contributed by atoms with E-state index in [1.165, 1.54) is 17.8 Å². The summed E-state index contributed by atoms with van der Waals surface area (Å²) >= 11 is 1.49. The highest BCUT2D eigenvalue weighted by Crippen LogP contribution is 2.37. The van der Waals surface area contributed by atoms with Crippen molar-refractivity contribution < 1.29 is 18.4 Å². The third-order valence-corrected chi connectivity index (χ3v) is 6.29. The Morgan fingerprint density at radius 2 is 1.89 bits per heavy atom. The van der Waals surface area contributed by atoms with Crippen molar-refractivity contribution in [2.75, 3.05) is 31.9 Å². The molecule has 28 heavy (non-hydrogen) atoms. The Morgan fingerprint density at radius 1 is 1.14 bits per heavy atom. The molecule has 3 heterocycles. The van der Waals surface area contributed by atoms with E-state index in [0.717, 1.165) is 17.7 Å². The largest absolute Gasteiger partial charge is 0.456 e. The summed E-state index contributed by atoms with van der Waals surface area (Å²) in [4.78, 5) is 29.2. The van der Waals surface area contributed by atoms with Crippen LogP contribution in [0.4, 0.5) is 9.18 Å². The van der Waals surface area contributed by atoms with Crippen molar-refractivity contribution in [2.24, 2.45) is 0 Å². The Balaban J connectivity index is 1.35. The zero-order valence-corrected chi connectivity index (χ0v) is 16.4. The van der Waals surface area contributed by atoms with Gasteiger partial charge >= 0.3 is 6.03 Å². The molecule has 0 aliphatic carbocycles. The fourth-order valence-corrected chi connectivity index (χ4v) is 4.74. The molecule has 4 rings (SSSR count). The van der Waals surface area contributed by atoms with Gasteiger partial charge in [-0.2, -0.15) is 0 Å². The molecule has 1 atom stereocenters. The molecular formula is C20H22FN3O3S. The smallest absolute Gasteiger partial charge is 0.318 e. The molecule has 1 N–H and O–H groups in total. The highest BCUT2D eigenvalue weighted by molar-refractivity contribution is 7.99. The zero-order valence-electron chi connectivity index (χ0n) is 15.6. The van der Waals surface area contributed by atoms with Crippen molar-refractivity contribution in [2.45, 2.75) is 24.3 Å². The number of hydrogen-bond acceptors (Lipinski definition) is 4. The number of urea groups is 1. The second-order valence-electron chi connectivity index (χ2n) is 6.99.